The number of ether oxygens (including phenoxy) is 2. The molecule has 18 heavy (non-hydrogen) atoms. The highest BCUT2D eigenvalue weighted by Gasteiger charge is 2.40. The van der Waals surface area contributed by atoms with Gasteiger partial charge in [0, 0.05) is 9.43 Å². The van der Waals surface area contributed by atoms with Crippen LogP contribution in [0, 0.1) is 0 Å². The summed E-state index contributed by atoms with van der Waals surface area (Å²) >= 11 is 0. The van der Waals surface area contributed by atoms with Crippen molar-refractivity contribution in [2.45, 2.75) is 17.4 Å². The van der Waals surface area contributed by atoms with Gasteiger partial charge in [0.1, 0.15) is 18.0 Å². The van der Waals surface area contributed by atoms with Crippen LogP contribution >= 0.6 is 0 Å². The Morgan fingerprint density at radius 2 is 2.33 bits per heavy atom. The topological polar surface area (TPSA) is 105 Å². The number of hydrogen-bond acceptors (Lipinski definition) is 4. The maximum absolute atomic E-state index is 11.5. The highest BCUT2D eigenvalue weighted by molar-refractivity contribution is 7.90. The molecule has 0 bridgehead atoms. The van der Waals surface area contributed by atoms with Gasteiger partial charge in [0.2, 0.25) is 0 Å². The van der Waals surface area contributed by atoms with Crippen molar-refractivity contribution in [2.75, 3.05) is 13.2 Å². The Bertz CT molecular complexity index is 603. The molecule has 1 unspecified atom stereocenters. The molecule has 1 aromatic carbocycles. The second-order valence-electron chi connectivity index (χ2n) is 4.15. The van der Waals surface area contributed by atoms with Crippen LogP contribution in [0.25, 0.3) is 10.4 Å². The van der Waals surface area contributed by atoms with Crippen LogP contribution in [0.4, 0.5) is 0 Å². The summed E-state index contributed by atoms with van der Waals surface area (Å²) < 4.78 is 36.3. The number of sulfonamides is 1. The van der Waals surface area contributed by atoms with Crippen molar-refractivity contribution >= 4 is 10.0 Å². The van der Waals surface area contributed by atoms with Crippen molar-refractivity contribution in [3.8, 4) is 5.75 Å². The van der Waals surface area contributed by atoms with Crippen LogP contribution in [0.2, 0.25) is 0 Å². The van der Waals surface area contributed by atoms with Gasteiger partial charge in [0.05, 0.1) is 11.5 Å². The van der Waals surface area contributed by atoms with E-state index in [1.807, 2.05) is 6.92 Å². The number of epoxide rings is 1. The fourth-order valence-corrected chi connectivity index (χ4v) is 1.97. The highest BCUT2D eigenvalue weighted by Crippen LogP contribution is 2.27. The molecule has 0 aromatic heterocycles. The molecule has 0 spiro atoms. The molecule has 0 saturated carbocycles. The molecule has 1 aliphatic rings. The Labute approximate surface area is 104 Å². The lowest BCUT2D eigenvalue weighted by molar-refractivity contribution is 0.202. The summed E-state index contributed by atoms with van der Waals surface area (Å²) in [6.07, 6.45) is 0. The SMILES string of the molecule is CC1(COc2cccc(S(=O)(=O)N=[N+]=[N-])c2)CO1. The third kappa shape index (κ3) is 2.92. The number of azide groups is 1. The lowest BCUT2D eigenvalue weighted by Gasteiger charge is -2.09. The third-order valence-corrected chi connectivity index (χ3v) is 3.57. The molecule has 8 heteroatoms. The Balaban J connectivity index is 2.17. The van der Waals surface area contributed by atoms with E-state index in [1.165, 1.54) is 18.2 Å². The Morgan fingerprint density at radius 1 is 1.61 bits per heavy atom. The van der Waals surface area contributed by atoms with E-state index in [9.17, 15) is 8.42 Å². The fourth-order valence-electron chi connectivity index (χ4n) is 1.26. The first-order chi connectivity index (χ1) is 8.45. The van der Waals surface area contributed by atoms with E-state index >= 15 is 0 Å². The Morgan fingerprint density at radius 3 is 2.94 bits per heavy atom. The molecule has 0 radical (unpaired) electrons. The third-order valence-electron chi connectivity index (χ3n) is 2.43. The summed E-state index contributed by atoms with van der Waals surface area (Å²) in [5.41, 5.74) is 7.90. The molecule has 2 rings (SSSR count). The first kappa shape index (κ1) is 12.7. The van der Waals surface area contributed by atoms with Crippen LogP contribution in [-0.4, -0.2) is 27.2 Å². The summed E-state index contributed by atoms with van der Waals surface area (Å²) in [4.78, 5) is 2.19. The minimum atomic E-state index is -3.97. The maximum atomic E-state index is 11.5. The van der Waals surface area contributed by atoms with Gasteiger partial charge in [-0.1, -0.05) is 6.07 Å². The molecule has 1 saturated heterocycles. The van der Waals surface area contributed by atoms with Crippen molar-refractivity contribution in [3.05, 3.63) is 34.7 Å². The summed E-state index contributed by atoms with van der Waals surface area (Å²) in [6, 6.07) is 5.80. The number of rotatable bonds is 5. The van der Waals surface area contributed by atoms with E-state index in [2.05, 4.69) is 9.43 Å². The zero-order valence-corrected chi connectivity index (χ0v) is 10.4. The van der Waals surface area contributed by atoms with Gasteiger partial charge in [0.15, 0.2) is 0 Å². The van der Waals surface area contributed by atoms with Gasteiger partial charge in [-0.05, 0) is 30.7 Å². The van der Waals surface area contributed by atoms with E-state index < -0.39 is 10.0 Å². The van der Waals surface area contributed by atoms with Crippen LogP contribution in [0.3, 0.4) is 0 Å². The second-order valence-corrected chi connectivity index (χ2v) is 5.73. The van der Waals surface area contributed by atoms with E-state index in [0.717, 1.165) is 0 Å². The molecule has 1 aliphatic heterocycles. The van der Waals surface area contributed by atoms with Gasteiger partial charge in [-0.25, -0.2) is 8.42 Å². The smallest absolute Gasteiger partial charge is 0.264 e. The minimum Gasteiger partial charge on any atom is -0.490 e. The predicted molar refractivity (Wildman–Crippen MR) is 62.6 cm³/mol. The van der Waals surface area contributed by atoms with E-state index in [4.69, 9.17) is 15.0 Å². The van der Waals surface area contributed by atoms with Crippen LogP contribution in [0.1, 0.15) is 6.92 Å². The molecule has 0 N–H and O–H groups in total. The summed E-state index contributed by atoms with van der Waals surface area (Å²) in [5, 5.41) is 0. The van der Waals surface area contributed by atoms with Gasteiger partial charge < -0.3 is 9.47 Å². The van der Waals surface area contributed by atoms with E-state index in [-0.39, 0.29) is 10.5 Å². The number of hydrogen-bond donors (Lipinski definition) is 0. The van der Waals surface area contributed by atoms with Crippen molar-refractivity contribution < 1.29 is 17.9 Å². The molecule has 1 fully saturated rings. The van der Waals surface area contributed by atoms with Crippen LogP contribution in [-0.2, 0) is 14.8 Å². The molecule has 0 amide bonds. The quantitative estimate of drug-likeness (QED) is 0.352. The van der Waals surface area contributed by atoms with E-state index in [0.29, 0.717) is 19.0 Å². The van der Waals surface area contributed by atoms with Crippen molar-refractivity contribution in [2.24, 2.45) is 4.52 Å². The maximum Gasteiger partial charge on any atom is 0.264 e. The van der Waals surface area contributed by atoms with Crippen molar-refractivity contribution in [3.63, 3.8) is 0 Å². The minimum absolute atomic E-state index is 0.0975. The average Bonchev–Trinajstić information content (AvgIpc) is 3.06. The Hall–Kier alpha value is -1.76. The molecule has 7 nitrogen and oxygen atoms in total. The Kier molecular flexibility index (Phi) is 3.16. The molecular weight excluding hydrogens is 258 g/mol. The first-order valence-electron chi connectivity index (χ1n) is 5.13. The largest absolute Gasteiger partial charge is 0.490 e. The summed E-state index contributed by atoms with van der Waals surface area (Å²) in [5.74, 6) is 0.390. The molecule has 0 aliphatic carbocycles. The van der Waals surface area contributed by atoms with Gasteiger partial charge >= 0.3 is 0 Å². The van der Waals surface area contributed by atoms with Gasteiger partial charge in [-0.2, -0.15) is 0 Å². The highest BCUT2D eigenvalue weighted by atomic mass is 32.2. The molecular formula is C10H11N3O4S. The normalized spacial score (nSPS) is 22.1. The molecule has 1 heterocycles. The monoisotopic (exact) mass is 269 g/mol. The van der Waals surface area contributed by atoms with Gasteiger partial charge in [0.25, 0.3) is 10.0 Å². The zero-order valence-electron chi connectivity index (χ0n) is 9.61. The second kappa shape index (κ2) is 4.49. The van der Waals surface area contributed by atoms with E-state index in [1.54, 1.807) is 6.07 Å². The molecule has 1 atom stereocenters. The average molecular weight is 269 g/mol. The summed E-state index contributed by atoms with van der Waals surface area (Å²) in [7, 11) is -3.97. The fraction of sp³-hybridized carbons (Fsp3) is 0.400. The first-order valence-corrected chi connectivity index (χ1v) is 6.57. The van der Waals surface area contributed by atoms with Crippen molar-refractivity contribution in [1.29, 1.82) is 0 Å². The number of benzene rings is 1. The predicted octanol–water partition coefficient (Wildman–Crippen LogP) is 1.85. The zero-order chi connectivity index (χ0) is 13.2. The lowest BCUT2D eigenvalue weighted by atomic mass is 10.2. The van der Waals surface area contributed by atoms with Gasteiger partial charge in [-0.15, -0.1) is 0 Å². The van der Waals surface area contributed by atoms with Gasteiger partial charge in [-0.3, -0.25) is 0 Å². The standard InChI is InChI=1S/C10H11N3O4S/c1-10(7-17-10)6-16-8-3-2-4-9(5-8)18(14,15)13-12-11/h2-5H,6-7H2,1H3. The molecule has 96 valence electrons. The van der Waals surface area contributed by atoms with Crippen LogP contribution in [0.15, 0.2) is 33.7 Å². The van der Waals surface area contributed by atoms with Crippen LogP contribution < -0.4 is 4.74 Å². The molecule has 1 aromatic rings. The lowest BCUT2D eigenvalue weighted by Crippen LogP contribution is -2.16. The summed E-state index contributed by atoms with van der Waals surface area (Å²) in [6.45, 7) is 2.87. The number of nitrogens with zero attached hydrogens (tertiary/aromatic N) is 3. The van der Waals surface area contributed by atoms with Crippen molar-refractivity contribution in [1.82, 2.24) is 0 Å². The van der Waals surface area contributed by atoms with Crippen LogP contribution in [0.5, 0.6) is 5.75 Å².